The van der Waals surface area contributed by atoms with Crippen molar-refractivity contribution >= 4 is 22.6 Å². The average molecular weight is 421 g/mol. The van der Waals surface area contributed by atoms with Crippen LogP contribution in [0, 0.1) is 16.7 Å². The second kappa shape index (κ2) is 6.64. The predicted molar refractivity (Wildman–Crippen MR) is 120 cm³/mol. The molecule has 0 spiro atoms. The van der Waals surface area contributed by atoms with Gasteiger partial charge in [0.15, 0.2) is 0 Å². The number of aliphatic hydroxyl groups is 1. The molecule has 1 aromatic carbocycles. The first-order valence-electron chi connectivity index (χ1n) is 11.9. The number of para-hydroxylation sites is 1. The number of nitrogens with zero attached hydrogens (tertiary/aromatic N) is 4. The first-order valence-corrected chi connectivity index (χ1v) is 11.9. The van der Waals surface area contributed by atoms with Crippen LogP contribution in [0.25, 0.3) is 10.9 Å². The molecule has 2 aromatic rings. The Balaban J connectivity index is 1.21. The van der Waals surface area contributed by atoms with Crippen molar-refractivity contribution in [3.63, 3.8) is 0 Å². The Morgan fingerprint density at radius 3 is 2.65 bits per heavy atom. The third-order valence-electron chi connectivity index (χ3n) is 8.75. The summed E-state index contributed by atoms with van der Waals surface area (Å²) >= 11 is 0. The van der Waals surface area contributed by atoms with Gasteiger partial charge in [0.25, 0.3) is 0 Å². The number of piperazine rings is 1. The van der Waals surface area contributed by atoms with Crippen LogP contribution >= 0.6 is 0 Å². The lowest BCUT2D eigenvalue weighted by molar-refractivity contribution is -0.209. The summed E-state index contributed by atoms with van der Waals surface area (Å²) < 4.78 is 0. The standard InChI is InChI=1S/C25H32N4O2/c1-2-23-11-18-12-24(14-23,16-25(31,13-18)15-23)22(30)29-9-7-28(8-10-29)21-19-5-3-4-6-20(19)26-17-27-21/h3-6,17-18,31H,2,7-16H2,1H3. The minimum absolute atomic E-state index is 0.172. The number of hydrogen-bond donors (Lipinski definition) is 1. The molecule has 1 aliphatic heterocycles. The second-order valence-electron chi connectivity index (χ2n) is 10.9. The van der Waals surface area contributed by atoms with Crippen LogP contribution in [-0.2, 0) is 4.79 Å². The SMILES string of the molecule is CCC12CC3CC(O)(C1)CC(C(=O)N1CCN(c4ncnc5ccccc45)CC1)(C3)C2. The molecule has 164 valence electrons. The number of hydrogen-bond acceptors (Lipinski definition) is 5. The zero-order valence-corrected chi connectivity index (χ0v) is 18.4. The van der Waals surface area contributed by atoms with E-state index in [-0.39, 0.29) is 10.8 Å². The fourth-order valence-corrected chi connectivity index (χ4v) is 7.92. The lowest BCUT2D eigenvalue weighted by Crippen LogP contribution is -2.65. The summed E-state index contributed by atoms with van der Waals surface area (Å²) in [5.41, 5.74) is 0.171. The number of rotatable bonds is 3. The highest BCUT2D eigenvalue weighted by atomic mass is 16.3. The summed E-state index contributed by atoms with van der Waals surface area (Å²) in [6, 6.07) is 8.11. The van der Waals surface area contributed by atoms with Crippen molar-refractivity contribution in [3.05, 3.63) is 30.6 Å². The van der Waals surface area contributed by atoms with E-state index in [0.29, 0.717) is 18.2 Å². The maximum absolute atomic E-state index is 13.9. The van der Waals surface area contributed by atoms with E-state index in [4.69, 9.17) is 0 Å². The van der Waals surface area contributed by atoms with Crippen LogP contribution in [0.2, 0.25) is 0 Å². The fraction of sp³-hybridized carbons (Fsp3) is 0.640. The van der Waals surface area contributed by atoms with Crippen LogP contribution in [0.15, 0.2) is 30.6 Å². The van der Waals surface area contributed by atoms with E-state index in [2.05, 4.69) is 32.8 Å². The molecule has 6 nitrogen and oxygen atoms in total. The highest BCUT2D eigenvalue weighted by Gasteiger charge is 2.65. The van der Waals surface area contributed by atoms with Crippen molar-refractivity contribution in [2.24, 2.45) is 16.7 Å². The topological polar surface area (TPSA) is 69.6 Å². The van der Waals surface area contributed by atoms with E-state index in [1.54, 1.807) is 6.33 Å². The molecule has 31 heavy (non-hydrogen) atoms. The van der Waals surface area contributed by atoms with Gasteiger partial charge in [0.1, 0.15) is 12.1 Å². The van der Waals surface area contributed by atoms with Crippen LogP contribution in [0.5, 0.6) is 0 Å². The second-order valence-corrected chi connectivity index (χ2v) is 10.9. The van der Waals surface area contributed by atoms with E-state index in [1.807, 2.05) is 18.2 Å². The van der Waals surface area contributed by atoms with Crippen molar-refractivity contribution in [1.82, 2.24) is 14.9 Å². The lowest BCUT2D eigenvalue weighted by atomic mass is 9.42. The zero-order chi connectivity index (χ0) is 21.3. The van der Waals surface area contributed by atoms with E-state index >= 15 is 0 Å². The maximum atomic E-state index is 13.9. The summed E-state index contributed by atoms with van der Waals surface area (Å²) in [5.74, 6) is 1.78. The summed E-state index contributed by atoms with van der Waals surface area (Å²) in [6.45, 7) is 5.27. The molecule has 4 unspecified atom stereocenters. The Morgan fingerprint density at radius 2 is 1.87 bits per heavy atom. The molecule has 6 heteroatoms. The minimum atomic E-state index is -0.618. The van der Waals surface area contributed by atoms with Crippen molar-refractivity contribution in [3.8, 4) is 0 Å². The summed E-state index contributed by atoms with van der Waals surface area (Å²) in [4.78, 5) is 27.2. The van der Waals surface area contributed by atoms with Gasteiger partial charge in [-0.15, -0.1) is 0 Å². The van der Waals surface area contributed by atoms with Gasteiger partial charge in [-0.25, -0.2) is 9.97 Å². The number of carbonyl (C=O) groups is 1. The van der Waals surface area contributed by atoms with Gasteiger partial charge in [-0.1, -0.05) is 25.5 Å². The highest BCUT2D eigenvalue weighted by molar-refractivity contribution is 5.89. The lowest BCUT2D eigenvalue weighted by Gasteiger charge is -2.65. The van der Waals surface area contributed by atoms with Gasteiger partial charge in [0.2, 0.25) is 5.91 Å². The molecule has 7 rings (SSSR count). The van der Waals surface area contributed by atoms with Gasteiger partial charge < -0.3 is 14.9 Å². The van der Waals surface area contributed by atoms with Crippen LogP contribution in [-0.4, -0.2) is 57.7 Å². The molecule has 0 radical (unpaired) electrons. The first kappa shape index (κ1) is 19.5. The Hall–Kier alpha value is -2.21. The van der Waals surface area contributed by atoms with E-state index in [9.17, 15) is 9.90 Å². The van der Waals surface area contributed by atoms with Crippen molar-refractivity contribution in [1.29, 1.82) is 0 Å². The fourth-order valence-electron chi connectivity index (χ4n) is 7.92. The first-order chi connectivity index (χ1) is 14.9. The minimum Gasteiger partial charge on any atom is -0.390 e. The van der Waals surface area contributed by atoms with E-state index in [1.165, 1.54) is 6.42 Å². The van der Waals surface area contributed by atoms with Crippen molar-refractivity contribution in [2.45, 2.75) is 57.5 Å². The summed E-state index contributed by atoms with van der Waals surface area (Å²) in [6.07, 6.45) is 8.35. The summed E-state index contributed by atoms with van der Waals surface area (Å²) in [7, 11) is 0. The van der Waals surface area contributed by atoms with Gasteiger partial charge in [0, 0.05) is 31.6 Å². The molecule has 4 bridgehead atoms. The molecule has 5 fully saturated rings. The number of aromatic nitrogens is 2. The van der Waals surface area contributed by atoms with Crippen LogP contribution < -0.4 is 4.90 Å². The van der Waals surface area contributed by atoms with Crippen molar-refractivity contribution in [2.75, 3.05) is 31.1 Å². The normalized spacial score (nSPS) is 36.9. The zero-order valence-electron chi connectivity index (χ0n) is 18.4. The Bertz CT molecular complexity index is 1030. The maximum Gasteiger partial charge on any atom is 0.229 e. The van der Waals surface area contributed by atoms with E-state index < -0.39 is 5.60 Å². The van der Waals surface area contributed by atoms with Crippen LogP contribution in [0.1, 0.15) is 51.9 Å². The number of anilines is 1. The van der Waals surface area contributed by atoms with Gasteiger partial charge >= 0.3 is 0 Å². The van der Waals surface area contributed by atoms with Gasteiger partial charge in [0.05, 0.1) is 16.5 Å². The monoisotopic (exact) mass is 420 g/mol. The predicted octanol–water partition coefficient (Wildman–Crippen LogP) is 3.39. The molecular formula is C25H32N4O2. The Kier molecular flexibility index (Phi) is 4.17. The molecular weight excluding hydrogens is 388 g/mol. The largest absolute Gasteiger partial charge is 0.390 e. The molecule has 5 aliphatic rings. The van der Waals surface area contributed by atoms with Crippen LogP contribution in [0.3, 0.4) is 0 Å². The molecule has 1 saturated heterocycles. The molecule has 4 atom stereocenters. The Labute approximate surface area is 183 Å². The number of amides is 1. The highest BCUT2D eigenvalue weighted by Crippen LogP contribution is 2.68. The van der Waals surface area contributed by atoms with Gasteiger partial charge in [-0.2, -0.15) is 0 Å². The smallest absolute Gasteiger partial charge is 0.229 e. The number of carbonyl (C=O) groups excluding carboxylic acids is 1. The molecule has 1 N–H and O–H groups in total. The van der Waals surface area contributed by atoms with Gasteiger partial charge in [-0.3, -0.25) is 4.79 Å². The van der Waals surface area contributed by atoms with Crippen molar-refractivity contribution < 1.29 is 9.90 Å². The average Bonchev–Trinajstić information content (AvgIpc) is 2.77. The quantitative estimate of drug-likeness (QED) is 0.824. The third-order valence-corrected chi connectivity index (χ3v) is 8.75. The van der Waals surface area contributed by atoms with Crippen LogP contribution in [0.4, 0.5) is 5.82 Å². The molecule has 1 amide bonds. The molecule has 4 aliphatic carbocycles. The Morgan fingerprint density at radius 1 is 1.06 bits per heavy atom. The molecule has 4 saturated carbocycles. The molecule has 1 aromatic heterocycles. The van der Waals surface area contributed by atoms with Gasteiger partial charge in [-0.05, 0) is 62.0 Å². The number of benzene rings is 1. The van der Waals surface area contributed by atoms with E-state index in [0.717, 1.165) is 75.0 Å². The summed E-state index contributed by atoms with van der Waals surface area (Å²) in [5, 5.41) is 12.4. The third kappa shape index (κ3) is 2.98. The number of fused-ring (bicyclic) bond motifs is 1. The molecule has 2 heterocycles.